The highest BCUT2D eigenvalue weighted by Crippen LogP contribution is 2.17. The van der Waals surface area contributed by atoms with Gasteiger partial charge in [-0.05, 0) is 43.2 Å². The Morgan fingerprint density at radius 3 is 2.38 bits per heavy atom. The molecule has 0 aliphatic rings. The molecule has 7 nitrogen and oxygen atoms in total. The molecule has 29 heavy (non-hydrogen) atoms. The van der Waals surface area contributed by atoms with Crippen molar-refractivity contribution in [1.82, 2.24) is 29.9 Å². The van der Waals surface area contributed by atoms with Gasteiger partial charge in [0.05, 0.1) is 28.8 Å². The van der Waals surface area contributed by atoms with E-state index < -0.39 is 0 Å². The van der Waals surface area contributed by atoms with Crippen LogP contribution in [-0.2, 0) is 13.0 Å². The van der Waals surface area contributed by atoms with E-state index in [1.54, 1.807) is 17.2 Å². The third kappa shape index (κ3) is 3.94. The molecule has 4 rings (SSSR count). The van der Waals surface area contributed by atoms with Gasteiger partial charge in [-0.1, -0.05) is 36.8 Å². The second kappa shape index (κ2) is 8.10. The molecule has 0 bridgehead atoms. The minimum atomic E-state index is -0.124. The van der Waals surface area contributed by atoms with Crippen LogP contribution in [0.2, 0.25) is 0 Å². The van der Waals surface area contributed by atoms with Gasteiger partial charge in [0.15, 0.2) is 0 Å². The van der Waals surface area contributed by atoms with Gasteiger partial charge in [-0.25, -0.2) is 14.3 Å². The second-order valence-corrected chi connectivity index (χ2v) is 6.80. The minimum Gasteiger partial charge on any atom is -0.348 e. The molecule has 0 atom stereocenters. The van der Waals surface area contributed by atoms with E-state index in [1.165, 1.54) is 11.9 Å². The van der Waals surface area contributed by atoms with Crippen molar-refractivity contribution in [3.8, 4) is 11.4 Å². The topological polar surface area (TPSA) is 77.6 Å². The Morgan fingerprint density at radius 2 is 1.72 bits per heavy atom. The Morgan fingerprint density at radius 1 is 1.00 bits per heavy atom. The Labute approximate surface area is 169 Å². The number of hydrogen-bond acceptors (Lipinski definition) is 4. The Bertz CT molecular complexity index is 1100. The fraction of sp³-hybridized carbons (Fsp3) is 0.182. The fourth-order valence-corrected chi connectivity index (χ4v) is 3.20. The molecule has 146 valence electrons. The first kappa shape index (κ1) is 18.6. The third-order valence-corrected chi connectivity index (χ3v) is 4.80. The average molecular weight is 386 g/mol. The predicted octanol–water partition coefficient (Wildman–Crippen LogP) is 3.25. The van der Waals surface area contributed by atoms with Crippen molar-refractivity contribution in [1.29, 1.82) is 0 Å². The summed E-state index contributed by atoms with van der Waals surface area (Å²) in [6.07, 6.45) is 5.50. The van der Waals surface area contributed by atoms with Crippen molar-refractivity contribution in [2.45, 2.75) is 26.8 Å². The number of carbonyl (C=O) groups excluding carboxylic acids is 1. The highest BCUT2D eigenvalue weighted by atomic mass is 16.1. The van der Waals surface area contributed by atoms with Crippen LogP contribution in [0.3, 0.4) is 0 Å². The summed E-state index contributed by atoms with van der Waals surface area (Å²) < 4.78 is 3.52. The molecular weight excluding hydrogens is 364 g/mol. The molecule has 0 saturated carbocycles. The summed E-state index contributed by atoms with van der Waals surface area (Å²) in [5.41, 5.74) is 5.57. The number of aryl methyl sites for hydroxylation is 1. The maximum Gasteiger partial charge on any atom is 0.255 e. The molecule has 0 saturated heterocycles. The van der Waals surface area contributed by atoms with Gasteiger partial charge in [0.25, 0.3) is 5.91 Å². The molecule has 0 fully saturated rings. The van der Waals surface area contributed by atoms with Gasteiger partial charge in [0, 0.05) is 6.54 Å². The van der Waals surface area contributed by atoms with E-state index in [9.17, 15) is 4.79 Å². The SMILES string of the molecule is CCc1c(C(=O)NCc2ccc(-n3cncn3)cc2)cnn1-c1ccc(C)cc1. The van der Waals surface area contributed by atoms with Crippen LogP contribution in [-0.4, -0.2) is 30.5 Å². The van der Waals surface area contributed by atoms with Crippen molar-refractivity contribution in [3.05, 3.63) is 89.8 Å². The summed E-state index contributed by atoms with van der Waals surface area (Å²) in [4.78, 5) is 16.7. The number of nitrogens with zero attached hydrogens (tertiary/aromatic N) is 5. The van der Waals surface area contributed by atoms with Crippen molar-refractivity contribution in [2.24, 2.45) is 0 Å². The highest BCUT2D eigenvalue weighted by molar-refractivity contribution is 5.95. The van der Waals surface area contributed by atoms with Crippen LogP contribution in [0.4, 0.5) is 0 Å². The van der Waals surface area contributed by atoms with Crippen LogP contribution in [0.1, 0.15) is 34.1 Å². The summed E-state index contributed by atoms with van der Waals surface area (Å²) in [5.74, 6) is -0.124. The first-order chi connectivity index (χ1) is 14.2. The molecular formula is C22H22N6O. The van der Waals surface area contributed by atoms with Crippen LogP contribution in [0.25, 0.3) is 11.4 Å². The molecule has 0 aliphatic heterocycles. The second-order valence-electron chi connectivity index (χ2n) is 6.80. The molecule has 2 aromatic heterocycles. The lowest BCUT2D eigenvalue weighted by Crippen LogP contribution is -2.23. The lowest BCUT2D eigenvalue weighted by atomic mass is 10.1. The molecule has 4 aromatic rings. The molecule has 1 N–H and O–H groups in total. The number of aromatic nitrogens is 5. The first-order valence-electron chi connectivity index (χ1n) is 9.52. The normalized spacial score (nSPS) is 10.8. The number of rotatable bonds is 6. The number of benzene rings is 2. The van der Waals surface area contributed by atoms with Crippen LogP contribution in [0, 0.1) is 6.92 Å². The van der Waals surface area contributed by atoms with Gasteiger partial charge in [-0.3, -0.25) is 4.79 Å². The van der Waals surface area contributed by atoms with E-state index in [0.717, 1.165) is 22.6 Å². The predicted molar refractivity (Wildman–Crippen MR) is 110 cm³/mol. The smallest absolute Gasteiger partial charge is 0.255 e. The van der Waals surface area contributed by atoms with E-state index in [2.05, 4.69) is 20.5 Å². The van der Waals surface area contributed by atoms with Crippen molar-refractivity contribution in [3.63, 3.8) is 0 Å². The monoisotopic (exact) mass is 386 g/mol. The minimum absolute atomic E-state index is 0.124. The molecule has 2 aromatic carbocycles. The molecule has 0 unspecified atom stereocenters. The quantitative estimate of drug-likeness (QED) is 0.552. The van der Waals surface area contributed by atoms with E-state index in [1.807, 2.05) is 67.1 Å². The average Bonchev–Trinajstić information content (AvgIpc) is 3.43. The summed E-state index contributed by atoms with van der Waals surface area (Å²) in [6.45, 7) is 4.52. The zero-order valence-electron chi connectivity index (χ0n) is 16.4. The van der Waals surface area contributed by atoms with Gasteiger partial charge in [0.1, 0.15) is 12.7 Å². The third-order valence-electron chi connectivity index (χ3n) is 4.80. The first-order valence-corrected chi connectivity index (χ1v) is 9.52. The van der Waals surface area contributed by atoms with Gasteiger partial charge < -0.3 is 5.32 Å². The molecule has 1 amide bonds. The highest BCUT2D eigenvalue weighted by Gasteiger charge is 2.17. The number of amides is 1. The lowest BCUT2D eigenvalue weighted by Gasteiger charge is -2.09. The van der Waals surface area contributed by atoms with E-state index >= 15 is 0 Å². The van der Waals surface area contributed by atoms with Gasteiger partial charge in [-0.2, -0.15) is 10.2 Å². The zero-order chi connectivity index (χ0) is 20.2. The van der Waals surface area contributed by atoms with Crippen LogP contribution in [0.15, 0.2) is 67.4 Å². The van der Waals surface area contributed by atoms with Gasteiger partial charge >= 0.3 is 0 Å². The van der Waals surface area contributed by atoms with Crippen LogP contribution >= 0.6 is 0 Å². The summed E-state index contributed by atoms with van der Waals surface area (Å²) >= 11 is 0. The molecule has 0 aliphatic carbocycles. The maximum atomic E-state index is 12.8. The fourth-order valence-electron chi connectivity index (χ4n) is 3.20. The van der Waals surface area contributed by atoms with Crippen molar-refractivity contribution < 1.29 is 4.79 Å². The van der Waals surface area contributed by atoms with Crippen molar-refractivity contribution in [2.75, 3.05) is 0 Å². The van der Waals surface area contributed by atoms with Crippen LogP contribution in [0.5, 0.6) is 0 Å². The van der Waals surface area contributed by atoms with E-state index in [-0.39, 0.29) is 5.91 Å². The van der Waals surface area contributed by atoms with Crippen molar-refractivity contribution >= 4 is 5.91 Å². The van der Waals surface area contributed by atoms with E-state index in [0.29, 0.717) is 18.5 Å². The standard InChI is InChI=1S/C22H22N6O/c1-3-21-20(13-25-28(21)19-8-4-16(2)5-9-19)22(29)24-12-17-6-10-18(11-7-17)27-15-23-14-26-27/h4-11,13-15H,3,12H2,1-2H3,(H,24,29). The summed E-state index contributed by atoms with van der Waals surface area (Å²) in [5, 5.41) is 11.5. The molecule has 0 spiro atoms. The molecule has 2 heterocycles. The summed E-state index contributed by atoms with van der Waals surface area (Å²) in [6, 6.07) is 15.9. The Balaban J connectivity index is 1.46. The number of nitrogens with one attached hydrogen (secondary N) is 1. The number of carbonyl (C=O) groups is 1. The zero-order valence-corrected chi connectivity index (χ0v) is 16.4. The van der Waals surface area contributed by atoms with E-state index in [4.69, 9.17) is 0 Å². The lowest BCUT2D eigenvalue weighted by molar-refractivity contribution is 0.0950. The molecule has 7 heteroatoms. The largest absolute Gasteiger partial charge is 0.348 e. The van der Waals surface area contributed by atoms with Crippen LogP contribution < -0.4 is 5.32 Å². The maximum absolute atomic E-state index is 12.8. The summed E-state index contributed by atoms with van der Waals surface area (Å²) in [7, 11) is 0. The Kier molecular flexibility index (Phi) is 5.20. The number of hydrogen-bond donors (Lipinski definition) is 1. The van der Waals surface area contributed by atoms with Gasteiger partial charge in [-0.15, -0.1) is 0 Å². The van der Waals surface area contributed by atoms with Gasteiger partial charge in [0.2, 0.25) is 0 Å². The Hall–Kier alpha value is -3.74. The molecule has 0 radical (unpaired) electrons.